The van der Waals surface area contributed by atoms with Crippen molar-refractivity contribution in [3.63, 3.8) is 0 Å². The van der Waals surface area contributed by atoms with Gasteiger partial charge in [-0.1, -0.05) is 30.3 Å². The fraction of sp³-hybridized carbons (Fsp3) is 0.190. The molecule has 0 saturated carbocycles. The number of rotatable bonds is 7. The zero-order chi connectivity index (χ0) is 21.7. The number of ether oxygens (including phenoxy) is 3. The average Bonchev–Trinajstić information content (AvgIpc) is 3.00. The van der Waals surface area contributed by atoms with Crippen molar-refractivity contribution in [1.29, 1.82) is 0 Å². The van der Waals surface area contributed by atoms with Crippen LogP contribution in [0.3, 0.4) is 0 Å². The lowest BCUT2D eigenvalue weighted by Gasteiger charge is -2.13. The minimum atomic E-state index is -0.517. The van der Waals surface area contributed by atoms with E-state index in [1.165, 1.54) is 14.2 Å². The van der Waals surface area contributed by atoms with E-state index in [0.29, 0.717) is 20.6 Å². The number of hydrogen-bond acceptors (Lipinski definition) is 6. The van der Waals surface area contributed by atoms with Crippen LogP contribution in [0.1, 0.15) is 11.1 Å². The molecule has 3 rings (SSSR count). The van der Waals surface area contributed by atoms with E-state index in [4.69, 9.17) is 9.47 Å². The Hall–Kier alpha value is -3.08. The number of carbonyl (C=O) groups is 3. The van der Waals surface area contributed by atoms with Crippen LogP contribution in [0.4, 0.5) is 4.79 Å². The number of benzene rings is 2. The topological polar surface area (TPSA) is 94.2 Å². The number of carbonyl (C=O) groups excluding carboxylic acids is 3. The normalized spacial score (nSPS) is 14.6. The SMILES string of the molecule is COC(=O)COc1c(I)cc(/C=C2\NC(=O)N(Cc3ccccc3)C2=O)cc1OC. The highest BCUT2D eigenvalue weighted by molar-refractivity contribution is 14.1. The Labute approximate surface area is 186 Å². The number of halogens is 1. The molecule has 0 aromatic heterocycles. The standard InChI is InChI=1S/C21H19IN2O6/c1-28-17-10-14(8-15(22)19(17)30-12-18(25)29-2)9-16-20(26)24(21(27)23-16)11-13-6-4-3-5-7-13/h3-10H,11-12H2,1-2H3,(H,23,27)/b16-9-. The van der Waals surface area contributed by atoms with E-state index in [9.17, 15) is 14.4 Å². The summed E-state index contributed by atoms with van der Waals surface area (Å²) in [4.78, 5) is 37.5. The van der Waals surface area contributed by atoms with Crippen molar-refractivity contribution in [1.82, 2.24) is 10.2 Å². The lowest BCUT2D eigenvalue weighted by atomic mass is 10.1. The van der Waals surface area contributed by atoms with Crippen LogP contribution in [0.2, 0.25) is 0 Å². The van der Waals surface area contributed by atoms with Crippen molar-refractivity contribution in [2.45, 2.75) is 6.54 Å². The third-order valence-electron chi connectivity index (χ3n) is 4.27. The maximum Gasteiger partial charge on any atom is 0.343 e. The van der Waals surface area contributed by atoms with E-state index >= 15 is 0 Å². The van der Waals surface area contributed by atoms with Gasteiger partial charge in [0.25, 0.3) is 5.91 Å². The van der Waals surface area contributed by atoms with E-state index in [1.54, 1.807) is 18.2 Å². The van der Waals surface area contributed by atoms with E-state index in [1.807, 2.05) is 52.9 Å². The Balaban J connectivity index is 1.82. The molecule has 0 unspecified atom stereocenters. The Morgan fingerprint density at radius 1 is 1.17 bits per heavy atom. The summed E-state index contributed by atoms with van der Waals surface area (Å²) >= 11 is 2.04. The summed E-state index contributed by atoms with van der Waals surface area (Å²) in [6.45, 7) is -0.0731. The summed E-state index contributed by atoms with van der Waals surface area (Å²) in [5.74, 6) is -0.158. The van der Waals surface area contributed by atoms with Crippen LogP contribution >= 0.6 is 22.6 Å². The van der Waals surface area contributed by atoms with Crippen molar-refractivity contribution in [2.24, 2.45) is 0 Å². The molecular weight excluding hydrogens is 503 g/mol. The van der Waals surface area contributed by atoms with Gasteiger partial charge < -0.3 is 19.5 Å². The van der Waals surface area contributed by atoms with Gasteiger partial charge in [-0.2, -0.15) is 0 Å². The fourth-order valence-corrected chi connectivity index (χ4v) is 3.58. The molecule has 1 N–H and O–H groups in total. The van der Waals surface area contributed by atoms with Crippen molar-refractivity contribution in [2.75, 3.05) is 20.8 Å². The minimum absolute atomic E-state index is 0.164. The molecular formula is C21H19IN2O6. The quantitative estimate of drug-likeness (QED) is 0.260. The van der Waals surface area contributed by atoms with Crippen molar-refractivity contribution in [3.05, 3.63) is 62.9 Å². The third kappa shape index (κ3) is 4.90. The van der Waals surface area contributed by atoms with E-state index in [2.05, 4.69) is 10.1 Å². The van der Waals surface area contributed by atoms with Crippen LogP contribution in [0.5, 0.6) is 11.5 Å². The monoisotopic (exact) mass is 522 g/mol. The highest BCUT2D eigenvalue weighted by atomic mass is 127. The number of hydrogen-bond donors (Lipinski definition) is 1. The lowest BCUT2D eigenvalue weighted by Crippen LogP contribution is -2.30. The number of methoxy groups -OCH3 is 2. The van der Waals surface area contributed by atoms with Gasteiger partial charge in [0.05, 0.1) is 24.3 Å². The molecule has 3 amide bonds. The predicted molar refractivity (Wildman–Crippen MR) is 117 cm³/mol. The second-order valence-corrected chi connectivity index (χ2v) is 7.43. The van der Waals surface area contributed by atoms with Crippen LogP contribution in [-0.2, 0) is 20.9 Å². The highest BCUT2D eigenvalue weighted by Gasteiger charge is 2.33. The molecule has 2 aromatic carbocycles. The molecule has 0 radical (unpaired) electrons. The Bertz CT molecular complexity index is 1010. The Kier molecular flexibility index (Phi) is 6.93. The maximum absolute atomic E-state index is 12.7. The summed E-state index contributed by atoms with van der Waals surface area (Å²) in [5.41, 5.74) is 1.65. The number of nitrogens with zero attached hydrogens (tertiary/aromatic N) is 1. The molecule has 1 aliphatic heterocycles. The first-order valence-corrected chi connectivity index (χ1v) is 9.96. The zero-order valence-electron chi connectivity index (χ0n) is 16.3. The second kappa shape index (κ2) is 9.61. The van der Waals surface area contributed by atoms with Crippen LogP contribution in [0.25, 0.3) is 6.08 Å². The zero-order valence-corrected chi connectivity index (χ0v) is 18.5. The molecule has 9 heteroatoms. The molecule has 0 aliphatic carbocycles. The molecule has 30 heavy (non-hydrogen) atoms. The Morgan fingerprint density at radius 3 is 2.57 bits per heavy atom. The van der Waals surface area contributed by atoms with E-state index in [0.717, 1.165) is 10.5 Å². The first-order chi connectivity index (χ1) is 14.4. The van der Waals surface area contributed by atoms with Gasteiger partial charge in [0.15, 0.2) is 18.1 Å². The first kappa shape index (κ1) is 21.6. The maximum atomic E-state index is 12.7. The number of esters is 1. The van der Waals surface area contributed by atoms with Crippen LogP contribution in [0, 0.1) is 3.57 Å². The van der Waals surface area contributed by atoms with Crippen molar-refractivity contribution in [3.8, 4) is 11.5 Å². The lowest BCUT2D eigenvalue weighted by molar-refractivity contribution is -0.143. The van der Waals surface area contributed by atoms with Crippen LogP contribution < -0.4 is 14.8 Å². The smallest absolute Gasteiger partial charge is 0.343 e. The van der Waals surface area contributed by atoms with Gasteiger partial charge in [0.1, 0.15) is 5.70 Å². The molecule has 1 heterocycles. The van der Waals surface area contributed by atoms with Gasteiger partial charge in [-0.05, 0) is 51.9 Å². The van der Waals surface area contributed by atoms with Gasteiger partial charge in [0, 0.05) is 0 Å². The summed E-state index contributed by atoms with van der Waals surface area (Å²) < 4.78 is 16.1. The molecule has 0 bridgehead atoms. The van der Waals surface area contributed by atoms with E-state index in [-0.39, 0.29) is 18.8 Å². The summed E-state index contributed by atoms with van der Waals surface area (Å²) in [5, 5.41) is 2.60. The molecule has 8 nitrogen and oxygen atoms in total. The number of imide groups is 1. The molecule has 156 valence electrons. The largest absolute Gasteiger partial charge is 0.493 e. The minimum Gasteiger partial charge on any atom is -0.493 e. The Morgan fingerprint density at radius 2 is 1.90 bits per heavy atom. The molecule has 2 aromatic rings. The summed E-state index contributed by atoms with van der Waals surface area (Å²) in [7, 11) is 2.74. The molecule has 1 fully saturated rings. The first-order valence-electron chi connectivity index (χ1n) is 8.88. The number of amides is 3. The van der Waals surface area contributed by atoms with Crippen molar-refractivity contribution >= 4 is 46.6 Å². The highest BCUT2D eigenvalue weighted by Crippen LogP contribution is 2.35. The van der Waals surface area contributed by atoms with Crippen molar-refractivity contribution < 1.29 is 28.6 Å². The third-order valence-corrected chi connectivity index (χ3v) is 5.07. The van der Waals surface area contributed by atoms with Gasteiger partial charge in [-0.25, -0.2) is 9.59 Å². The number of nitrogens with one attached hydrogen (secondary N) is 1. The van der Waals surface area contributed by atoms with Gasteiger partial charge >= 0.3 is 12.0 Å². The van der Waals surface area contributed by atoms with Crippen LogP contribution in [-0.4, -0.2) is 43.6 Å². The fourth-order valence-electron chi connectivity index (χ4n) is 2.80. The second-order valence-electron chi connectivity index (χ2n) is 6.26. The van der Waals surface area contributed by atoms with Gasteiger partial charge in [0.2, 0.25) is 0 Å². The van der Waals surface area contributed by atoms with Gasteiger partial charge in [-0.15, -0.1) is 0 Å². The van der Waals surface area contributed by atoms with E-state index < -0.39 is 17.9 Å². The molecule has 1 saturated heterocycles. The van der Waals surface area contributed by atoms with Crippen LogP contribution in [0.15, 0.2) is 48.2 Å². The molecule has 0 atom stereocenters. The summed E-state index contributed by atoms with van der Waals surface area (Å²) in [6.07, 6.45) is 1.57. The molecule has 0 spiro atoms. The average molecular weight is 522 g/mol. The number of urea groups is 1. The summed E-state index contributed by atoms with van der Waals surface area (Å²) in [6, 6.07) is 12.2. The molecule has 1 aliphatic rings. The van der Waals surface area contributed by atoms with Gasteiger partial charge in [-0.3, -0.25) is 9.69 Å². The predicted octanol–water partition coefficient (Wildman–Crippen LogP) is 2.94.